The molecule has 1 N–H and O–H groups in total. The zero-order valence-electron chi connectivity index (χ0n) is 6.50. The first-order valence-electron chi connectivity index (χ1n) is 3.64. The Hall–Kier alpha value is -1.65. The summed E-state index contributed by atoms with van der Waals surface area (Å²) in [7, 11) is 0. The highest BCUT2D eigenvalue weighted by atomic mass is 19.3. The molecule has 0 atom stereocenters. The molecule has 0 aliphatic heterocycles. The van der Waals surface area contributed by atoms with Crippen LogP contribution in [0, 0.1) is 0 Å². The van der Waals surface area contributed by atoms with E-state index < -0.39 is 6.61 Å². The van der Waals surface area contributed by atoms with E-state index in [0.29, 0.717) is 5.52 Å². The number of halogens is 2. The topological polar surface area (TPSA) is 37.9 Å². The number of fused-ring (bicyclic) bond motifs is 1. The summed E-state index contributed by atoms with van der Waals surface area (Å²) in [6, 6.07) is 4.72. The van der Waals surface area contributed by atoms with Gasteiger partial charge in [-0.05, 0) is 12.1 Å². The molecular formula is C8H6F2N2O. The molecule has 3 nitrogen and oxygen atoms in total. The molecule has 5 heteroatoms. The van der Waals surface area contributed by atoms with Gasteiger partial charge in [0.05, 0.1) is 11.0 Å². The third-order valence-corrected chi connectivity index (χ3v) is 1.59. The SMILES string of the molecule is FC(F)Oc1ccc2[nH]ccc2n1. The maximum atomic E-state index is 11.8. The summed E-state index contributed by atoms with van der Waals surface area (Å²) in [4.78, 5) is 6.74. The number of ether oxygens (including phenoxy) is 1. The average molecular weight is 184 g/mol. The van der Waals surface area contributed by atoms with Crippen molar-refractivity contribution in [3.05, 3.63) is 24.4 Å². The number of H-pyrrole nitrogens is 1. The van der Waals surface area contributed by atoms with Crippen LogP contribution in [0.1, 0.15) is 0 Å². The monoisotopic (exact) mass is 184 g/mol. The van der Waals surface area contributed by atoms with Crippen molar-refractivity contribution in [2.24, 2.45) is 0 Å². The fourth-order valence-corrected chi connectivity index (χ4v) is 1.07. The third kappa shape index (κ3) is 1.58. The molecule has 0 fully saturated rings. The largest absolute Gasteiger partial charge is 0.417 e. The smallest absolute Gasteiger partial charge is 0.388 e. The molecule has 2 rings (SSSR count). The molecule has 2 aromatic rings. The van der Waals surface area contributed by atoms with Crippen LogP contribution in [0.3, 0.4) is 0 Å². The molecule has 0 amide bonds. The Kier molecular flexibility index (Phi) is 1.84. The number of hydrogen-bond donors (Lipinski definition) is 1. The molecule has 0 saturated heterocycles. The second-order valence-corrected chi connectivity index (χ2v) is 2.44. The third-order valence-electron chi connectivity index (χ3n) is 1.59. The standard InChI is InChI=1S/C8H6F2N2O/c9-8(10)13-7-2-1-5-6(12-7)3-4-11-5/h1-4,8,11H. The number of nitrogens with one attached hydrogen (secondary N) is 1. The van der Waals surface area contributed by atoms with Gasteiger partial charge in [-0.3, -0.25) is 0 Å². The molecule has 0 unspecified atom stereocenters. The zero-order chi connectivity index (χ0) is 9.26. The van der Waals surface area contributed by atoms with E-state index in [1.165, 1.54) is 6.07 Å². The minimum atomic E-state index is -2.83. The molecule has 13 heavy (non-hydrogen) atoms. The summed E-state index contributed by atoms with van der Waals surface area (Å²) < 4.78 is 27.7. The van der Waals surface area contributed by atoms with Crippen LogP contribution in [0.2, 0.25) is 0 Å². The predicted octanol–water partition coefficient (Wildman–Crippen LogP) is 2.16. The van der Waals surface area contributed by atoms with Crippen molar-refractivity contribution < 1.29 is 13.5 Å². The fourth-order valence-electron chi connectivity index (χ4n) is 1.07. The quantitative estimate of drug-likeness (QED) is 0.776. The first-order chi connectivity index (χ1) is 6.25. The molecule has 0 aliphatic carbocycles. The highest BCUT2D eigenvalue weighted by Crippen LogP contribution is 2.16. The summed E-state index contributed by atoms with van der Waals surface area (Å²) in [5, 5.41) is 0. The molecule has 0 spiro atoms. The van der Waals surface area contributed by atoms with Gasteiger partial charge in [-0.25, -0.2) is 4.98 Å². The number of hydrogen-bond acceptors (Lipinski definition) is 2. The van der Waals surface area contributed by atoms with Gasteiger partial charge in [-0.2, -0.15) is 8.78 Å². The Bertz CT molecular complexity index is 413. The van der Waals surface area contributed by atoms with Crippen LogP contribution in [0.4, 0.5) is 8.78 Å². The van der Waals surface area contributed by atoms with E-state index in [4.69, 9.17) is 0 Å². The number of pyridine rings is 1. The van der Waals surface area contributed by atoms with Gasteiger partial charge in [0.1, 0.15) is 0 Å². The fraction of sp³-hybridized carbons (Fsp3) is 0.125. The van der Waals surface area contributed by atoms with Crippen molar-refractivity contribution in [3.8, 4) is 5.88 Å². The minimum absolute atomic E-state index is 0.0675. The Balaban J connectivity index is 2.37. The van der Waals surface area contributed by atoms with E-state index in [1.54, 1.807) is 18.3 Å². The number of aromatic nitrogens is 2. The molecule has 0 saturated carbocycles. The number of rotatable bonds is 2. The Morgan fingerprint density at radius 2 is 2.15 bits per heavy atom. The first-order valence-corrected chi connectivity index (χ1v) is 3.64. The Labute approximate surface area is 72.4 Å². The Morgan fingerprint density at radius 3 is 2.92 bits per heavy atom. The van der Waals surface area contributed by atoms with E-state index in [-0.39, 0.29) is 5.88 Å². The molecule has 0 aliphatic rings. The van der Waals surface area contributed by atoms with E-state index in [0.717, 1.165) is 5.52 Å². The predicted molar refractivity (Wildman–Crippen MR) is 42.7 cm³/mol. The van der Waals surface area contributed by atoms with Crippen LogP contribution >= 0.6 is 0 Å². The van der Waals surface area contributed by atoms with Crippen molar-refractivity contribution in [1.29, 1.82) is 0 Å². The minimum Gasteiger partial charge on any atom is -0.417 e. The summed E-state index contributed by atoms with van der Waals surface area (Å²) >= 11 is 0. The van der Waals surface area contributed by atoms with Gasteiger partial charge in [-0.1, -0.05) is 0 Å². The van der Waals surface area contributed by atoms with Crippen molar-refractivity contribution in [2.45, 2.75) is 6.61 Å². The van der Waals surface area contributed by atoms with E-state index in [2.05, 4.69) is 14.7 Å². The normalized spacial score (nSPS) is 11.0. The van der Waals surface area contributed by atoms with Gasteiger partial charge < -0.3 is 9.72 Å². The molecule has 68 valence electrons. The maximum absolute atomic E-state index is 11.8. The van der Waals surface area contributed by atoms with Crippen molar-refractivity contribution in [1.82, 2.24) is 9.97 Å². The number of nitrogens with zero attached hydrogens (tertiary/aromatic N) is 1. The lowest BCUT2D eigenvalue weighted by Crippen LogP contribution is -2.03. The van der Waals surface area contributed by atoms with Crippen LogP contribution in [0.5, 0.6) is 5.88 Å². The number of aromatic amines is 1. The first kappa shape index (κ1) is 7.97. The summed E-state index contributed by atoms with van der Waals surface area (Å²) in [5.41, 5.74) is 1.40. The second kappa shape index (κ2) is 3.01. The molecule has 0 aromatic carbocycles. The number of alkyl halides is 2. The van der Waals surface area contributed by atoms with Crippen LogP contribution in [0.15, 0.2) is 24.4 Å². The lowest BCUT2D eigenvalue weighted by atomic mass is 10.4. The van der Waals surface area contributed by atoms with E-state index >= 15 is 0 Å². The van der Waals surface area contributed by atoms with Crippen LogP contribution < -0.4 is 4.74 Å². The summed E-state index contributed by atoms with van der Waals surface area (Å²) in [6.45, 7) is -2.83. The molecular weight excluding hydrogens is 178 g/mol. The van der Waals surface area contributed by atoms with Crippen LogP contribution in [-0.4, -0.2) is 16.6 Å². The average Bonchev–Trinajstić information content (AvgIpc) is 2.49. The van der Waals surface area contributed by atoms with Gasteiger partial charge in [0, 0.05) is 12.3 Å². The second-order valence-electron chi connectivity index (χ2n) is 2.44. The highest BCUT2D eigenvalue weighted by Gasteiger charge is 2.05. The van der Waals surface area contributed by atoms with Gasteiger partial charge in [0.2, 0.25) is 5.88 Å². The van der Waals surface area contributed by atoms with Crippen LogP contribution in [-0.2, 0) is 0 Å². The van der Waals surface area contributed by atoms with Gasteiger partial charge in [0.25, 0.3) is 0 Å². The van der Waals surface area contributed by atoms with Crippen molar-refractivity contribution in [3.63, 3.8) is 0 Å². The lowest BCUT2D eigenvalue weighted by molar-refractivity contribution is -0.0526. The molecule has 2 aromatic heterocycles. The van der Waals surface area contributed by atoms with Crippen molar-refractivity contribution >= 4 is 11.0 Å². The molecule has 0 radical (unpaired) electrons. The molecule has 0 bridgehead atoms. The summed E-state index contributed by atoms with van der Waals surface area (Å²) in [5.74, 6) is -0.0675. The highest BCUT2D eigenvalue weighted by molar-refractivity contribution is 5.75. The van der Waals surface area contributed by atoms with Crippen LogP contribution in [0.25, 0.3) is 11.0 Å². The maximum Gasteiger partial charge on any atom is 0.388 e. The van der Waals surface area contributed by atoms with Gasteiger partial charge in [-0.15, -0.1) is 0 Å². The van der Waals surface area contributed by atoms with Gasteiger partial charge >= 0.3 is 6.61 Å². The van der Waals surface area contributed by atoms with E-state index in [1.807, 2.05) is 0 Å². The Morgan fingerprint density at radius 1 is 1.31 bits per heavy atom. The molecule has 2 heterocycles. The van der Waals surface area contributed by atoms with Gasteiger partial charge in [0.15, 0.2) is 0 Å². The van der Waals surface area contributed by atoms with Crippen molar-refractivity contribution in [2.75, 3.05) is 0 Å². The summed E-state index contributed by atoms with van der Waals surface area (Å²) in [6.07, 6.45) is 1.68. The van der Waals surface area contributed by atoms with E-state index in [9.17, 15) is 8.78 Å². The lowest BCUT2D eigenvalue weighted by Gasteiger charge is -2.01. The zero-order valence-corrected chi connectivity index (χ0v) is 6.50.